The Labute approximate surface area is 131 Å². The molecule has 2 fully saturated rings. The minimum absolute atomic E-state index is 0.0204. The van der Waals surface area contributed by atoms with Gasteiger partial charge in [0.05, 0.1) is 0 Å². The maximum Gasteiger partial charge on any atom is 0.244 e. The molecule has 1 N–H and O–H groups in total. The van der Waals surface area contributed by atoms with Gasteiger partial charge < -0.3 is 4.90 Å². The lowest BCUT2D eigenvalue weighted by Gasteiger charge is -2.32. The van der Waals surface area contributed by atoms with E-state index in [1.807, 2.05) is 16.7 Å². The summed E-state index contributed by atoms with van der Waals surface area (Å²) in [5, 5.41) is 3.59. The van der Waals surface area contributed by atoms with Gasteiger partial charge in [-0.3, -0.25) is 10.1 Å². The fraction of sp³-hybridized carbons (Fsp3) is 0.588. The van der Waals surface area contributed by atoms with Gasteiger partial charge in [0, 0.05) is 11.3 Å². The van der Waals surface area contributed by atoms with Crippen molar-refractivity contribution >= 4 is 17.7 Å². The van der Waals surface area contributed by atoms with Crippen molar-refractivity contribution in [2.24, 2.45) is 0 Å². The van der Waals surface area contributed by atoms with Crippen LogP contribution in [0.5, 0.6) is 0 Å². The maximum atomic E-state index is 12.8. The smallest absolute Gasteiger partial charge is 0.244 e. The molecule has 0 bridgehead atoms. The van der Waals surface area contributed by atoms with E-state index in [9.17, 15) is 4.79 Å². The number of benzene rings is 1. The molecule has 1 saturated heterocycles. The summed E-state index contributed by atoms with van der Waals surface area (Å²) in [5.74, 6) is 0.287. The fourth-order valence-electron chi connectivity index (χ4n) is 2.93. The Bertz CT molecular complexity index is 548. The quantitative estimate of drug-likeness (QED) is 0.927. The molecule has 114 valence electrons. The van der Waals surface area contributed by atoms with Gasteiger partial charge >= 0.3 is 0 Å². The number of thioether (sulfide) groups is 1. The largest absolute Gasteiger partial charge is 0.320 e. The van der Waals surface area contributed by atoms with Crippen molar-refractivity contribution < 1.29 is 4.79 Å². The highest BCUT2D eigenvalue weighted by atomic mass is 32.2. The van der Waals surface area contributed by atoms with Gasteiger partial charge in [0.2, 0.25) is 5.91 Å². The Balaban J connectivity index is 1.89. The second-order valence-electron chi connectivity index (χ2n) is 6.94. The Morgan fingerprint density at radius 1 is 1.33 bits per heavy atom. The van der Waals surface area contributed by atoms with Crippen LogP contribution in [0, 0.1) is 6.92 Å². The topological polar surface area (TPSA) is 32.3 Å². The summed E-state index contributed by atoms with van der Waals surface area (Å²) in [5.41, 5.74) is 2.18. The van der Waals surface area contributed by atoms with Gasteiger partial charge in [-0.15, -0.1) is 0 Å². The first-order chi connectivity index (χ1) is 9.87. The molecule has 21 heavy (non-hydrogen) atoms. The first-order valence-electron chi connectivity index (χ1n) is 7.57. The van der Waals surface area contributed by atoms with Crippen molar-refractivity contribution in [3.8, 4) is 0 Å². The molecule has 0 radical (unpaired) electrons. The zero-order valence-corrected chi connectivity index (χ0v) is 14.1. The summed E-state index contributed by atoms with van der Waals surface area (Å²) in [6.45, 7) is 7.28. The highest BCUT2D eigenvalue weighted by Gasteiger charge is 2.59. The van der Waals surface area contributed by atoms with Crippen molar-refractivity contribution in [3.05, 3.63) is 35.4 Å². The van der Waals surface area contributed by atoms with E-state index < -0.39 is 0 Å². The molecule has 1 aliphatic heterocycles. The van der Waals surface area contributed by atoms with E-state index >= 15 is 0 Å². The van der Waals surface area contributed by atoms with E-state index in [1.165, 1.54) is 11.1 Å². The number of hydrogen-bond donors (Lipinski definition) is 1. The van der Waals surface area contributed by atoms with Crippen LogP contribution in [-0.4, -0.2) is 33.9 Å². The summed E-state index contributed by atoms with van der Waals surface area (Å²) in [4.78, 5) is 14.8. The molecule has 1 amide bonds. The molecule has 2 aliphatic rings. The summed E-state index contributed by atoms with van der Waals surface area (Å²) >= 11 is 1.81. The first-order valence-corrected chi connectivity index (χ1v) is 8.80. The number of hydrogen-bond acceptors (Lipinski definition) is 3. The van der Waals surface area contributed by atoms with Crippen molar-refractivity contribution in [3.63, 3.8) is 0 Å². The van der Waals surface area contributed by atoms with E-state index in [-0.39, 0.29) is 22.4 Å². The van der Waals surface area contributed by atoms with Gasteiger partial charge in [0.15, 0.2) is 0 Å². The van der Waals surface area contributed by atoms with Gasteiger partial charge in [-0.05, 0) is 45.4 Å². The van der Waals surface area contributed by atoms with Gasteiger partial charge in [-0.2, -0.15) is 11.8 Å². The molecule has 1 aromatic rings. The maximum absolute atomic E-state index is 12.8. The second-order valence-corrected chi connectivity index (χ2v) is 8.45. The van der Waals surface area contributed by atoms with Crippen molar-refractivity contribution in [1.29, 1.82) is 0 Å². The second kappa shape index (κ2) is 5.03. The van der Waals surface area contributed by atoms with E-state index in [4.69, 9.17) is 0 Å². The Kier molecular flexibility index (Phi) is 3.57. The molecule has 1 spiro atoms. The minimum Gasteiger partial charge on any atom is -0.320 e. The van der Waals surface area contributed by atoms with Crippen LogP contribution in [0.15, 0.2) is 24.3 Å². The van der Waals surface area contributed by atoms with Crippen molar-refractivity contribution in [1.82, 2.24) is 10.2 Å². The highest BCUT2D eigenvalue weighted by Crippen LogP contribution is 2.46. The van der Waals surface area contributed by atoms with Crippen LogP contribution < -0.4 is 5.32 Å². The third-order valence-electron chi connectivity index (χ3n) is 4.64. The third-order valence-corrected chi connectivity index (χ3v) is 5.88. The van der Waals surface area contributed by atoms with Gasteiger partial charge in [0.25, 0.3) is 0 Å². The van der Waals surface area contributed by atoms with E-state index in [0.29, 0.717) is 0 Å². The zero-order valence-electron chi connectivity index (χ0n) is 13.3. The molecule has 1 atom stereocenters. The number of nitrogens with zero attached hydrogens (tertiary/aromatic N) is 1. The van der Waals surface area contributed by atoms with Crippen LogP contribution in [0.1, 0.15) is 44.0 Å². The Hall–Kier alpha value is -1.00. The number of carbonyl (C=O) groups is 1. The summed E-state index contributed by atoms with van der Waals surface area (Å²) in [7, 11) is 0. The summed E-state index contributed by atoms with van der Waals surface area (Å²) in [6, 6.07) is 8.52. The molecular formula is C17H24N2OS. The van der Waals surface area contributed by atoms with Crippen LogP contribution in [0.4, 0.5) is 0 Å². The molecule has 1 unspecified atom stereocenters. The number of carbonyl (C=O) groups excluding carboxylic acids is 1. The van der Waals surface area contributed by atoms with E-state index in [0.717, 1.165) is 19.4 Å². The summed E-state index contributed by atoms with van der Waals surface area (Å²) in [6.07, 6.45) is 4.09. The molecular weight excluding hydrogens is 280 g/mol. The SMILES string of the molecule is CSC(C)(C)CN1C(=O)C2(CC2)NC1c1ccc(C)cc1. The minimum atomic E-state index is -0.260. The lowest BCUT2D eigenvalue weighted by Crippen LogP contribution is -2.40. The Morgan fingerprint density at radius 2 is 1.95 bits per heavy atom. The fourth-order valence-corrected chi connectivity index (χ4v) is 3.19. The van der Waals surface area contributed by atoms with E-state index in [2.05, 4.69) is 56.6 Å². The van der Waals surface area contributed by atoms with Crippen LogP contribution in [-0.2, 0) is 4.79 Å². The predicted octanol–water partition coefficient (Wildman–Crippen LogP) is 3.10. The van der Waals surface area contributed by atoms with Crippen LogP contribution in [0.2, 0.25) is 0 Å². The monoisotopic (exact) mass is 304 g/mol. The Morgan fingerprint density at radius 3 is 2.48 bits per heavy atom. The molecule has 1 heterocycles. The molecule has 0 aromatic heterocycles. The number of aryl methyl sites for hydroxylation is 1. The van der Waals surface area contributed by atoms with Gasteiger partial charge in [-0.1, -0.05) is 29.8 Å². The first kappa shape index (κ1) is 14.9. The molecule has 1 saturated carbocycles. The van der Waals surface area contributed by atoms with Crippen LogP contribution in [0.25, 0.3) is 0 Å². The van der Waals surface area contributed by atoms with Crippen molar-refractivity contribution in [2.45, 2.75) is 50.1 Å². The summed E-state index contributed by atoms with van der Waals surface area (Å²) < 4.78 is 0.0701. The van der Waals surface area contributed by atoms with Crippen LogP contribution >= 0.6 is 11.8 Å². The standard InChI is InChI=1S/C17H24N2OS/c1-12-5-7-13(8-6-12)14-18-17(9-10-17)15(20)19(14)11-16(2,3)21-4/h5-8,14,18H,9-11H2,1-4H3. The highest BCUT2D eigenvalue weighted by molar-refractivity contribution is 7.99. The average molecular weight is 304 g/mol. The number of amides is 1. The average Bonchev–Trinajstić information content (AvgIpc) is 3.19. The lowest BCUT2D eigenvalue weighted by molar-refractivity contribution is -0.131. The predicted molar refractivity (Wildman–Crippen MR) is 88.3 cm³/mol. The number of nitrogens with one attached hydrogen (secondary N) is 1. The zero-order chi connectivity index (χ0) is 15.3. The molecule has 4 heteroatoms. The van der Waals surface area contributed by atoms with Gasteiger partial charge in [-0.25, -0.2) is 0 Å². The molecule has 3 rings (SSSR count). The number of rotatable bonds is 4. The van der Waals surface area contributed by atoms with Crippen LogP contribution in [0.3, 0.4) is 0 Å². The van der Waals surface area contributed by atoms with Gasteiger partial charge in [0.1, 0.15) is 11.7 Å². The lowest BCUT2D eigenvalue weighted by atomic mass is 10.1. The molecule has 3 nitrogen and oxygen atoms in total. The third kappa shape index (κ3) is 2.71. The molecule has 1 aromatic carbocycles. The van der Waals surface area contributed by atoms with Crippen molar-refractivity contribution in [2.75, 3.05) is 12.8 Å². The molecule has 1 aliphatic carbocycles. The normalized spacial score (nSPS) is 23.9. The van der Waals surface area contributed by atoms with E-state index in [1.54, 1.807) is 0 Å².